The number of nitrogens with one attached hydrogen (secondary N) is 1. The lowest BCUT2D eigenvalue weighted by molar-refractivity contribution is 0.243. The van der Waals surface area contributed by atoms with Crippen LogP contribution in [0.4, 0.5) is 10.5 Å². The van der Waals surface area contributed by atoms with Gasteiger partial charge in [0.25, 0.3) is 0 Å². The maximum atomic E-state index is 12.4. The van der Waals surface area contributed by atoms with Crippen molar-refractivity contribution in [1.82, 2.24) is 10.3 Å². The average molecular weight is 361 g/mol. The molecule has 0 saturated carbocycles. The van der Waals surface area contributed by atoms with E-state index in [1.165, 1.54) is 5.56 Å². The third-order valence-electron chi connectivity index (χ3n) is 5.05. The van der Waals surface area contributed by atoms with Gasteiger partial charge in [0, 0.05) is 30.2 Å². The van der Waals surface area contributed by atoms with Crippen molar-refractivity contribution in [3.8, 4) is 16.9 Å². The number of ether oxygens (including phenoxy) is 1. The zero-order valence-corrected chi connectivity index (χ0v) is 15.9. The lowest BCUT2D eigenvalue weighted by Gasteiger charge is -2.29. The van der Waals surface area contributed by atoms with Crippen molar-refractivity contribution in [1.29, 1.82) is 0 Å². The van der Waals surface area contributed by atoms with Crippen LogP contribution in [-0.4, -0.2) is 31.2 Å². The van der Waals surface area contributed by atoms with E-state index in [4.69, 9.17) is 9.72 Å². The minimum Gasteiger partial charge on any atom is -0.496 e. The van der Waals surface area contributed by atoms with Crippen LogP contribution in [-0.2, 0) is 0 Å². The largest absolute Gasteiger partial charge is 0.496 e. The summed E-state index contributed by atoms with van der Waals surface area (Å²) in [5, 5.41) is 3.83. The number of hydrogen-bond acceptors (Lipinski definition) is 3. The van der Waals surface area contributed by atoms with Crippen LogP contribution in [0, 0.1) is 13.8 Å². The fourth-order valence-corrected chi connectivity index (χ4v) is 3.63. The first kappa shape index (κ1) is 17.3. The molecule has 1 aliphatic rings. The smallest absolute Gasteiger partial charge is 0.321 e. The van der Waals surface area contributed by atoms with Gasteiger partial charge in [0.05, 0.1) is 18.3 Å². The second-order valence-electron chi connectivity index (χ2n) is 6.97. The normalized spacial score (nSPS) is 14.3. The van der Waals surface area contributed by atoms with Crippen molar-refractivity contribution in [2.45, 2.75) is 20.3 Å². The average Bonchev–Trinajstić information content (AvgIpc) is 2.68. The van der Waals surface area contributed by atoms with E-state index in [0.29, 0.717) is 13.1 Å². The maximum Gasteiger partial charge on any atom is 0.321 e. The van der Waals surface area contributed by atoms with E-state index in [0.717, 1.165) is 45.5 Å². The molecule has 27 heavy (non-hydrogen) atoms. The summed E-state index contributed by atoms with van der Waals surface area (Å²) in [6, 6.07) is 12.4. The van der Waals surface area contributed by atoms with E-state index >= 15 is 0 Å². The van der Waals surface area contributed by atoms with Crippen molar-refractivity contribution < 1.29 is 9.53 Å². The summed E-state index contributed by atoms with van der Waals surface area (Å²) >= 11 is 0. The van der Waals surface area contributed by atoms with Crippen molar-refractivity contribution in [2.24, 2.45) is 0 Å². The molecule has 1 saturated heterocycles. The lowest BCUT2D eigenvalue weighted by atomic mass is 10.0. The summed E-state index contributed by atoms with van der Waals surface area (Å²) in [5.74, 6) is 0.799. The number of methoxy groups -OCH3 is 1. The SMILES string of the molecule is COc1c(C)cc(N2CCCNC2=O)c2ncc(-c3ccc(C)cc3)cc12. The van der Waals surface area contributed by atoms with Gasteiger partial charge < -0.3 is 10.1 Å². The molecule has 1 aliphatic heterocycles. The van der Waals surface area contributed by atoms with Gasteiger partial charge >= 0.3 is 6.03 Å². The third-order valence-corrected chi connectivity index (χ3v) is 5.05. The lowest BCUT2D eigenvalue weighted by Crippen LogP contribution is -2.46. The summed E-state index contributed by atoms with van der Waals surface area (Å²) in [5.41, 5.74) is 5.96. The number of amides is 2. The zero-order chi connectivity index (χ0) is 19.0. The Morgan fingerprint density at radius 2 is 1.89 bits per heavy atom. The first-order valence-electron chi connectivity index (χ1n) is 9.18. The number of aromatic nitrogens is 1. The first-order valence-corrected chi connectivity index (χ1v) is 9.18. The maximum absolute atomic E-state index is 12.4. The summed E-state index contributed by atoms with van der Waals surface area (Å²) in [6.07, 6.45) is 2.78. The summed E-state index contributed by atoms with van der Waals surface area (Å²) in [6.45, 7) is 5.48. The molecule has 0 spiro atoms. The number of nitrogens with zero attached hydrogens (tertiary/aromatic N) is 2. The molecule has 2 amide bonds. The number of anilines is 1. The molecule has 1 N–H and O–H groups in total. The molecule has 2 aromatic carbocycles. The number of pyridine rings is 1. The zero-order valence-electron chi connectivity index (χ0n) is 15.9. The fourth-order valence-electron chi connectivity index (χ4n) is 3.63. The Morgan fingerprint density at radius 1 is 1.11 bits per heavy atom. The predicted octanol–water partition coefficient (Wildman–Crippen LogP) is 4.45. The van der Waals surface area contributed by atoms with Crippen LogP contribution in [0.5, 0.6) is 5.75 Å². The first-order chi connectivity index (χ1) is 13.1. The molecule has 1 aromatic heterocycles. The number of rotatable bonds is 3. The van der Waals surface area contributed by atoms with Gasteiger partial charge in [-0.1, -0.05) is 29.8 Å². The van der Waals surface area contributed by atoms with E-state index in [2.05, 4.69) is 42.6 Å². The van der Waals surface area contributed by atoms with Crippen LogP contribution >= 0.6 is 0 Å². The Labute approximate surface area is 159 Å². The highest BCUT2D eigenvalue weighted by Gasteiger charge is 2.24. The number of carbonyl (C=O) groups is 1. The van der Waals surface area contributed by atoms with Crippen molar-refractivity contribution in [2.75, 3.05) is 25.1 Å². The highest BCUT2D eigenvalue weighted by Crippen LogP contribution is 2.38. The molecular formula is C22H23N3O2. The number of hydrogen-bond donors (Lipinski definition) is 1. The molecule has 138 valence electrons. The van der Waals surface area contributed by atoms with Crippen molar-refractivity contribution in [3.63, 3.8) is 0 Å². The highest BCUT2D eigenvalue weighted by atomic mass is 16.5. The van der Waals surface area contributed by atoms with Crippen LogP contribution in [0.2, 0.25) is 0 Å². The summed E-state index contributed by atoms with van der Waals surface area (Å²) < 4.78 is 5.68. The molecule has 5 heteroatoms. The molecular weight excluding hydrogens is 338 g/mol. The van der Waals surface area contributed by atoms with Gasteiger partial charge in [-0.2, -0.15) is 0 Å². The summed E-state index contributed by atoms with van der Waals surface area (Å²) in [7, 11) is 1.67. The van der Waals surface area contributed by atoms with E-state index < -0.39 is 0 Å². The monoisotopic (exact) mass is 361 g/mol. The van der Waals surface area contributed by atoms with Gasteiger partial charge in [-0.05, 0) is 43.5 Å². The second-order valence-corrected chi connectivity index (χ2v) is 6.97. The molecule has 0 atom stereocenters. The van der Waals surface area contributed by atoms with Crippen molar-refractivity contribution >= 4 is 22.6 Å². The van der Waals surface area contributed by atoms with Crippen LogP contribution in [0.25, 0.3) is 22.0 Å². The van der Waals surface area contributed by atoms with Crippen LogP contribution < -0.4 is 15.0 Å². The number of urea groups is 1. The van der Waals surface area contributed by atoms with Gasteiger partial charge in [-0.25, -0.2) is 4.79 Å². The third kappa shape index (κ3) is 3.10. The van der Waals surface area contributed by atoms with Gasteiger partial charge in [0.1, 0.15) is 5.75 Å². The fraction of sp³-hybridized carbons (Fsp3) is 0.273. The van der Waals surface area contributed by atoms with Gasteiger partial charge in [-0.3, -0.25) is 9.88 Å². The Hall–Kier alpha value is -3.08. The van der Waals surface area contributed by atoms with Gasteiger partial charge in [0.2, 0.25) is 0 Å². The van der Waals surface area contributed by atoms with E-state index in [1.807, 2.05) is 19.2 Å². The van der Waals surface area contributed by atoms with Crippen LogP contribution in [0.15, 0.2) is 42.6 Å². The number of fused-ring (bicyclic) bond motifs is 1. The predicted molar refractivity (Wildman–Crippen MR) is 109 cm³/mol. The molecule has 2 heterocycles. The van der Waals surface area contributed by atoms with Crippen LogP contribution in [0.3, 0.4) is 0 Å². The molecule has 3 aromatic rings. The molecule has 4 rings (SSSR count). The van der Waals surface area contributed by atoms with E-state index in [1.54, 1.807) is 12.0 Å². The van der Waals surface area contributed by atoms with Crippen molar-refractivity contribution in [3.05, 3.63) is 53.7 Å². The van der Waals surface area contributed by atoms with Gasteiger partial charge in [0.15, 0.2) is 0 Å². The molecule has 0 radical (unpaired) electrons. The summed E-state index contributed by atoms with van der Waals surface area (Å²) in [4.78, 5) is 18.9. The molecule has 0 aliphatic carbocycles. The molecule has 0 bridgehead atoms. The number of aryl methyl sites for hydroxylation is 2. The Balaban J connectivity index is 1.91. The highest BCUT2D eigenvalue weighted by molar-refractivity contribution is 6.05. The number of carbonyl (C=O) groups excluding carboxylic acids is 1. The number of benzene rings is 2. The minimum absolute atomic E-state index is 0.0727. The Bertz CT molecular complexity index is 1010. The minimum atomic E-state index is -0.0727. The molecule has 0 unspecified atom stereocenters. The standard InChI is InChI=1S/C22H23N3O2/c1-14-5-7-16(8-6-14)17-12-18-20(24-13-17)19(11-15(2)21(18)27-3)25-10-4-9-23-22(25)26/h5-8,11-13H,4,9-10H2,1-3H3,(H,23,26). The van der Waals surface area contributed by atoms with E-state index in [9.17, 15) is 4.79 Å². The Morgan fingerprint density at radius 3 is 2.59 bits per heavy atom. The van der Waals surface area contributed by atoms with E-state index in [-0.39, 0.29) is 6.03 Å². The topological polar surface area (TPSA) is 54.5 Å². The Kier molecular flexibility index (Phi) is 4.44. The molecule has 5 nitrogen and oxygen atoms in total. The molecule has 1 fully saturated rings. The van der Waals surface area contributed by atoms with Gasteiger partial charge in [-0.15, -0.1) is 0 Å². The second kappa shape index (κ2) is 6.91. The quantitative estimate of drug-likeness (QED) is 0.750. The van der Waals surface area contributed by atoms with Crippen LogP contribution in [0.1, 0.15) is 17.5 Å².